The largest absolute Gasteiger partial charge is 0.493 e. The molecule has 3 nitrogen and oxygen atoms in total. The molecule has 0 saturated carbocycles. The molecule has 2 atom stereocenters. The molecule has 16 heavy (non-hydrogen) atoms. The molecule has 3 heteroatoms. The zero-order valence-corrected chi connectivity index (χ0v) is 9.94. The average Bonchev–Trinajstić information content (AvgIpc) is 2.30. The molecule has 0 amide bonds. The van der Waals surface area contributed by atoms with Crippen LogP contribution in [0.3, 0.4) is 0 Å². The quantitative estimate of drug-likeness (QED) is 0.605. The summed E-state index contributed by atoms with van der Waals surface area (Å²) in [4.78, 5) is 0. The SMILES string of the molecule is CC(C)C(NN)C1CCOc2ccccc21. The summed E-state index contributed by atoms with van der Waals surface area (Å²) in [6, 6.07) is 8.57. The average molecular weight is 220 g/mol. The molecule has 1 aromatic carbocycles. The molecule has 0 saturated heterocycles. The van der Waals surface area contributed by atoms with Crippen molar-refractivity contribution in [2.45, 2.75) is 32.2 Å². The Labute approximate surface area is 97.0 Å². The van der Waals surface area contributed by atoms with E-state index in [-0.39, 0.29) is 0 Å². The first-order chi connectivity index (χ1) is 7.74. The van der Waals surface area contributed by atoms with Crippen LogP contribution in [0, 0.1) is 5.92 Å². The Morgan fingerprint density at radius 3 is 2.81 bits per heavy atom. The van der Waals surface area contributed by atoms with Gasteiger partial charge in [-0.25, -0.2) is 0 Å². The van der Waals surface area contributed by atoms with E-state index in [0.717, 1.165) is 18.8 Å². The van der Waals surface area contributed by atoms with E-state index in [2.05, 4.69) is 31.4 Å². The zero-order chi connectivity index (χ0) is 11.5. The van der Waals surface area contributed by atoms with Gasteiger partial charge in [0.05, 0.1) is 6.61 Å². The van der Waals surface area contributed by atoms with Crippen molar-refractivity contribution >= 4 is 0 Å². The smallest absolute Gasteiger partial charge is 0.122 e. The van der Waals surface area contributed by atoms with E-state index in [0.29, 0.717) is 17.9 Å². The predicted molar refractivity (Wildman–Crippen MR) is 65.2 cm³/mol. The molecule has 1 aliphatic rings. The highest BCUT2D eigenvalue weighted by Gasteiger charge is 2.29. The van der Waals surface area contributed by atoms with Crippen molar-refractivity contribution in [2.24, 2.45) is 11.8 Å². The number of hydrogen-bond acceptors (Lipinski definition) is 3. The number of benzene rings is 1. The maximum absolute atomic E-state index is 5.67. The Morgan fingerprint density at radius 2 is 2.12 bits per heavy atom. The zero-order valence-electron chi connectivity index (χ0n) is 9.94. The van der Waals surface area contributed by atoms with E-state index in [1.165, 1.54) is 5.56 Å². The normalized spacial score (nSPS) is 21.4. The van der Waals surface area contributed by atoms with E-state index in [1.54, 1.807) is 0 Å². The summed E-state index contributed by atoms with van der Waals surface area (Å²) in [6.07, 6.45) is 1.03. The lowest BCUT2D eigenvalue weighted by molar-refractivity contribution is 0.227. The van der Waals surface area contributed by atoms with Gasteiger partial charge in [-0.3, -0.25) is 11.3 Å². The van der Waals surface area contributed by atoms with Crippen LogP contribution in [0.4, 0.5) is 0 Å². The van der Waals surface area contributed by atoms with Gasteiger partial charge in [0, 0.05) is 12.0 Å². The second-order valence-corrected chi connectivity index (χ2v) is 4.72. The fourth-order valence-electron chi connectivity index (χ4n) is 2.52. The van der Waals surface area contributed by atoms with Crippen molar-refractivity contribution < 1.29 is 4.74 Å². The molecule has 88 valence electrons. The molecule has 0 spiro atoms. The van der Waals surface area contributed by atoms with Gasteiger partial charge in [0.2, 0.25) is 0 Å². The van der Waals surface area contributed by atoms with Gasteiger partial charge in [0.1, 0.15) is 5.75 Å². The first kappa shape index (κ1) is 11.4. The van der Waals surface area contributed by atoms with Crippen LogP contribution in [-0.2, 0) is 0 Å². The van der Waals surface area contributed by atoms with Gasteiger partial charge in [-0.15, -0.1) is 0 Å². The van der Waals surface area contributed by atoms with E-state index in [4.69, 9.17) is 10.6 Å². The highest BCUT2D eigenvalue weighted by Crippen LogP contribution is 2.37. The van der Waals surface area contributed by atoms with Gasteiger partial charge in [-0.05, 0) is 24.0 Å². The molecular weight excluding hydrogens is 200 g/mol. The second-order valence-electron chi connectivity index (χ2n) is 4.72. The molecule has 0 radical (unpaired) electrons. The summed E-state index contributed by atoms with van der Waals surface area (Å²) in [6.45, 7) is 5.18. The first-order valence-corrected chi connectivity index (χ1v) is 5.92. The third-order valence-electron chi connectivity index (χ3n) is 3.35. The van der Waals surface area contributed by atoms with E-state index in [9.17, 15) is 0 Å². The summed E-state index contributed by atoms with van der Waals surface area (Å²) in [5.74, 6) is 7.65. The Balaban J connectivity index is 2.30. The number of hydrazine groups is 1. The lowest BCUT2D eigenvalue weighted by atomic mass is 9.82. The molecule has 0 fully saturated rings. The monoisotopic (exact) mass is 220 g/mol. The van der Waals surface area contributed by atoms with Gasteiger partial charge in [-0.2, -0.15) is 0 Å². The van der Waals surface area contributed by atoms with Crippen molar-refractivity contribution in [3.05, 3.63) is 29.8 Å². The number of rotatable bonds is 3. The van der Waals surface area contributed by atoms with Crippen LogP contribution in [0.1, 0.15) is 31.7 Å². The Hall–Kier alpha value is -1.06. The molecule has 1 aromatic rings. The van der Waals surface area contributed by atoms with Crippen LogP contribution < -0.4 is 16.0 Å². The highest BCUT2D eigenvalue weighted by atomic mass is 16.5. The van der Waals surface area contributed by atoms with Crippen LogP contribution in [0.5, 0.6) is 5.75 Å². The number of hydrogen-bond donors (Lipinski definition) is 2. The number of fused-ring (bicyclic) bond motifs is 1. The van der Waals surface area contributed by atoms with Crippen LogP contribution in [0.2, 0.25) is 0 Å². The van der Waals surface area contributed by atoms with Crippen molar-refractivity contribution in [3.8, 4) is 5.75 Å². The maximum Gasteiger partial charge on any atom is 0.122 e. The van der Waals surface area contributed by atoms with Gasteiger partial charge < -0.3 is 4.74 Å². The fraction of sp³-hybridized carbons (Fsp3) is 0.538. The van der Waals surface area contributed by atoms with Crippen LogP contribution >= 0.6 is 0 Å². The van der Waals surface area contributed by atoms with E-state index < -0.39 is 0 Å². The van der Waals surface area contributed by atoms with Gasteiger partial charge in [0.25, 0.3) is 0 Å². The Kier molecular flexibility index (Phi) is 3.46. The molecule has 1 heterocycles. The molecule has 0 bridgehead atoms. The molecule has 1 aliphatic heterocycles. The van der Waals surface area contributed by atoms with Crippen molar-refractivity contribution in [1.29, 1.82) is 0 Å². The van der Waals surface area contributed by atoms with Crippen LogP contribution in [0.25, 0.3) is 0 Å². The minimum absolute atomic E-state index is 0.310. The van der Waals surface area contributed by atoms with Crippen molar-refractivity contribution in [3.63, 3.8) is 0 Å². The van der Waals surface area contributed by atoms with Crippen molar-refractivity contribution in [1.82, 2.24) is 5.43 Å². The third-order valence-corrected chi connectivity index (χ3v) is 3.35. The molecule has 3 N–H and O–H groups in total. The van der Waals surface area contributed by atoms with Gasteiger partial charge >= 0.3 is 0 Å². The highest BCUT2D eigenvalue weighted by molar-refractivity contribution is 5.38. The first-order valence-electron chi connectivity index (χ1n) is 5.92. The molecule has 0 aromatic heterocycles. The maximum atomic E-state index is 5.67. The Morgan fingerprint density at radius 1 is 1.38 bits per heavy atom. The lowest BCUT2D eigenvalue weighted by Gasteiger charge is -2.34. The van der Waals surface area contributed by atoms with Crippen LogP contribution in [0.15, 0.2) is 24.3 Å². The summed E-state index contributed by atoms with van der Waals surface area (Å²) in [7, 11) is 0. The predicted octanol–water partition coefficient (Wildman–Crippen LogP) is 2.04. The third kappa shape index (κ3) is 2.06. The summed E-state index contributed by atoms with van der Waals surface area (Å²) < 4.78 is 5.66. The molecular formula is C13H20N2O. The van der Waals surface area contributed by atoms with Crippen LogP contribution in [-0.4, -0.2) is 12.6 Å². The number of nitrogens with one attached hydrogen (secondary N) is 1. The standard InChI is InChI=1S/C13H20N2O/c1-9(2)13(15-14)11-7-8-16-12-6-4-3-5-10(11)12/h3-6,9,11,13,15H,7-8,14H2,1-2H3. The summed E-state index contributed by atoms with van der Waals surface area (Å²) >= 11 is 0. The fourth-order valence-corrected chi connectivity index (χ4v) is 2.52. The molecule has 2 rings (SSSR count). The minimum atomic E-state index is 0.310. The van der Waals surface area contributed by atoms with Gasteiger partial charge in [-0.1, -0.05) is 32.0 Å². The summed E-state index contributed by atoms with van der Waals surface area (Å²) in [5.41, 5.74) is 4.24. The van der Waals surface area contributed by atoms with Gasteiger partial charge in [0.15, 0.2) is 0 Å². The summed E-state index contributed by atoms with van der Waals surface area (Å²) in [5, 5.41) is 0. The number of ether oxygens (including phenoxy) is 1. The van der Waals surface area contributed by atoms with E-state index in [1.807, 2.05) is 12.1 Å². The molecule has 0 aliphatic carbocycles. The number of para-hydroxylation sites is 1. The molecule has 2 unspecified atom stereocenters. The second kappa shape index (κ2) is 4.85. The minimum Gasteiger partial charge on any atom is -0.493 e. The number of nitrogens with two attached hydrogens (primary N) is 1. The van der Waals surface area contributed by atoms with Crippen molar-refractivity contribution in [2.75, 3.05) is 6.61 Å². The lowest BCUT2D eigenvalue weighted by Crippen LogP contribution is -2.44. The Bertz CT molecular complexity index is 352. The topological polar surface area (TPSA) is 47.3 Å². The van der Waals surface area contributed by atoms with E-state index >= 15 is 0 Å².